The van der Waals surface area contributed by atoms with Gasteiger partial charge in [0.1, 0.15) is 18.0 Å². The Morgan fingerprint density at radius 3 is 2.35 bits per heavy atom. The zero-order valence-corrected chi connectivity index (χ0v) is 13.6. The topological polar surface area (TPSA) is 65.1 Å². The number of hydrogen-bond donors (Lipinski definition) is 0. The van der Waals surface area contributed by atoms with Crippen LogP contribution in [-0.4, -0.2) is 51.7 Å². The van der Waals surface area contributed by atoms with Crippen LogP contribution in [0.15, 0.2) is 30.3 Å². The third-order valence-corrected chi connectivity index (χ3v) is 3.57. The van der Waals surface area contributed by atoms with Crippen molar-refractivity contribution in [3.63, 3.8) is 0 Å². The fraction of sp³-hybridized carbons (Fsp3) is 0.294. The summed E-state index contributed by atoms with van der Waals surface area (Å²) in [6.07, 6.45) is 0. The molecule has 0 aliphatic heterocycles. The molecule has 2 aromatic rings. The van der Waals surface area contributed by atoms with Crippen molar-refractivity contribution >= 4 is 22.6 Å². The molecule has 0 bridgehead atoms. The van der Waals surface area contributed by atoms with Gasteiger partial charge in [-0.05, 0) is 35.7 Å². The van der Waals surface area contributed by atoms with Gasteiger partial charge in [-0.15, -0.1) is 0 Å². The van der Waals surface area contributed by atoms with Crippen LogP contribution >= 0.6 is 0 Å². The Balaban J connectivity index is 2.49. The van der Waals surface area contributed by atoms with Gasteiger partial charge in [0.25, 0.3) is 5.91 Å². The second-order valence-corrected chi connectivity index (χ2v) is 4.96. The molecule has 0 aliphatic rings. The van der Waals surface area contributed by atoms with E-state index in [9.17, 15) is 9.59 Å². The number of carbonyl (C=O) groups excluding carboxylic acids is 2. The van der Waals surface area contributed by atoms with E-state index in [0.29, 0.717) is 17.1 Å². The molecule has 0 radical (unpaired) electrons. The maximum absolute atomic E-state index is 12.6. The summed E-state index contributed by atoms with van der Waals surface area (Å²) >= 11 is 0. The zero-order chi connectivity index (χ0) is 17.0. The van der Waals surface area contributed by atoms with Crippen LogP contribution in [0, 0.1) is 0 Å². The number of carbonyl (C=O) groups is 2. The maximum atomic E-state index is 12.6. The predicted molar refractivity (Wildman–Crippen MR) is 86.0 cm³/mol. The molecule has 2 rings (SSSR count). The van der Waals surface area contributed by atoms with E-state index in [2.05, 4.69) is 4.74 Å². The van der Waals surface area contributed by atoms with Crippen LogP contribution in [0.5, 0.6) is 11.5 Å². The number of methoxy groups -OCH3 is 3. The number of likely N-dealkylation sites (N-methyl/N-ethyl adjacent to an activating group) is 1. The van der Waals surface area contributed by atoms with Gasteiger partial charge in [-0.3, -0.25) is 9.59 Å². The minimum Gasteiger partial charge on any atom is -0.497 e. The van der Waals surface area contributed by atoms with Crippen molar-refractivity contribution in [3.05, 3.63) is 35.9 Å². The van der Waals surface area contributed by atoms with Crippen molar-refractivity contribution in [2.45, 2.75) is 0 Å². The molecule has 122 valence electrons. The van der Waals surface area contributed by atoms with E-state index < -0.39 is 5.97 Å². The molecule has 0 spiro atoms. The van der Waals surface area contributed by atoms with Crippen LogP contribution in [0.2, 0.25) is 0 Å². The normalized spacial score (nSPS) is 10.3. The van der Waals surface area contributed by atoms with Gasteiger partial charge in [0.2, 0.25) is 0 Å². The molecule has 0 heterocycles. The smallest absolute Gasteiger partial charge is 0.325 e. The highest BCUT2D eigenvalue weighted by Gasteiger charge is 2.19. The first-order chi connectivity index (χ1) is 11.0. The fourth-order valence-corrected chi connectivity index (χ4v) is 2.33. The van der Waals surface area contributed by atoms with Gasteiger partial charge < -0.3 is 19.1 Å². The molecule has 0 saturated heterocycles. The Morgan fingerprint density at radius 2 is 1.74 bits per heavy atom. The molecule has 2 aromatic carbocycles. The number of rotatable bonds is 5. The average Bonchev–Trinajstić information content (AvgIpc) is 2.59. The van der Waals surface area contributed by atoms with E-state index >= 15 is 0 Å². The highest BCUT2D eigenvalue weighted by Crippen LogP contribution is 2.32. The monoisotopic (exact) mass is 317 g/mol. The molecule has 0 aromatic heterocycles. The summed E-state index contributed by atoms with van der Waals surface area (Å²) in [5.74, 6) is 0.572. The average molecular weight is 317 g/mol. The molecule has 23 heavy (non-hydrogen) atoms. The van der Waals surface area contributed by atoms with E-state index in [-0.39, 0.29) is 12.5 Å². The van der Waals surface area contributed by atoms with E-state index in [1.54, 1.807) is 45.5 Å². The second-order valence-electron chi connectivity index (χ2n) is 4.96. The number of amides is 1. The van der Waals surface area contributed by atoms with Crippen molar-refractivity contribution in [1.82, 2.24) is 4.90 Å². The summed E-state index contributed by atoms with van der Waals surface area (Å²) in [6, 6.07) is 8.80. The van der Waals surface area contributed by atoms with Crippen molar-refractivity contribution in [1.29, 1.82) is 0 Å². The second kappa shape index (κ2) is 7.00. The van der Waals surface area contributed by atoms with Gasteiger partial charge in [-0.2, -0.15) is 0 Å². The molecule has 1 amide bonds. The van der Waals surface area contributed by atoms with Gasteiger partial charge in [-0.25, -0.2) is 0 Å². The van der Waals surface area contributed by atoms with E-state index in [1.165, 1.54) is 12.0 Å². The number of ether oxygens (including phenoxy) is 3. The maximum Gasteiger partial charge on any atom is 0.325 e. The molecule has 0 unspecified atom stereocenters. The van der Waals surface area contributed by atoms with Crippen LogP contribution in [0.1, 0.15) is 10.4 Å². The van der Waals surface area contributed by atoms with Gasteiger partial charge in [0.05, 0.1) is 21.3 Å². The lowest BCUT2D eigenvalue weighted by molar-refractivity contribution is -0.141. The largest absolute Gasteiger partial charge is 0.497 e. The SMILES string of the molecule is COC(=O)CN(C)C(=O)c1ccc(OC)c2cc(OC)ccc12. The third-order valence-electron chi connectivity index (χ3n) is 3.57. The fourth-order valence-electron chi connectivity index (χ4n) is 2.33. The quantitative estimate of drug-likeness (QED) is 0.790. The molecule has 0 N–H and O–H groups in total. The first-order valence-corrected chi connectivity index (χ1v) is 6.98. The van der Waals surface area contributed by atoms with Gasteiger partial charge in [0, 0.05) is 18.0 Å². The summed E-state index contributed by atoms with van der Waals surface area (Å²) < 4.78 is 15.2. The summed E-state index contributed by atoms with van der Waals surface area (Å²) in [4.78, 5) is 25.3. The van der Waals surface area contributed by atoms with Crippen LogP contribution in [0.4, 0.5) is 0 Å². The summed E-state index contributed by atoms with van der Waals surface area (Å²) in [5, 5.41) is 1.50. The molecule has 0 fully saturated rings. The Kier molecular flexibility index (Phi) is 5.05. The third kappa shape index (κ3) is 3.36. The summed E-state index contributed by atoms with van der Waals surface area (Å²) in [6.45, 7) is -0.112. The van der Waals surface area contributed by atoms with Crippen LogP contribution < -0.4 is 9.47 Å². The molecule has 6 nitrogen and oxygen atoms in total. The molecular weight excluding hydrogens is 298 g/mol. The Labute approximate surface area is 134 Å². The highest BCUT2D eigenvalue weighted by atomic mass is 16.5. The predicted octanol–water partition coefficient (Wildman–Crippen LogP) is 2.10. The lowest BCUT2D eigenvalue weighted by Gasteiger charge is -2.18. The molecule has 0 atom stereocenters. The van der Waals surface area contributed by atoms with E-state index in [4.69, 9.17) is 9.47 Å². The Hall–Kier alpha value is -2.76. The number of esters is 1. The van der Waals surface area contributed by atoms with Gasteiger partial charge in [-0.1, -0.05) is 0 Å². The van der Waals surface area contributed by atoms with Crippen molar-refractivity contribution < 1.29 is 23.8 Å². The summed E-state index contributed by atoms with van der Waals surface area (Å²) in [5.41, 5.74) is 0.481. The molecule has 6 heteroatoms. The minimum absolute atomic E-state index is 0.112. The van der Waals surface area contributed by atoms with E-state index in [0.717, 1.165) is 10.8 Å². The lowest BCUT2D eigenvalue weighted by atomic mass is 10.0. The van der Waals surface area contributed by atoms with Gasteiger partial charge >= 0.3 is 5.97 Å². The van der Waals surface area contributed by atoms with Crippen molar-refractivity contribution in [2.75, 3.05) is 34.9 Å². The molecule has 0 aliphatic carbocycles. The van der Waals surface area contributed by atoms with Crippen molar-refractivity contribution in [2.24, 2.45) is 0 Å². The number of nitrogens with zero attached hydrogens (tertiary/aromatic N) is 1. The number of benzene rings is 2. The first-order valence-electron chi connectivity index (χ1n) is 6.98. The molecule has 0 saturated carbocycles. The first kappa shape index (κ1) is 16.6. The standard InChI is InChI=1S/C17H19NO5/c1-18(10-16(19)23-4)17(20)13-7-8-15(22-3)14-9-11(21-2)5-6-12(13)14/h5-9H,10H2,1-4H3. The van der Waals surface area contributed by atoms with E-state index in [1.807, 2.05) is 6.07 Å². The Morgan fingerprint density at radius 1 is 1.00 bits per heavy atom. The summed E-state index contributed by atoms with van der Waals surface area (Å²) in [7, 11) is 5.99. The molecular formula is C17H19NO5. The van der Waals surface area contributed by atoms with Crippen molar-refractivity contribution in [3.8, 4) is 11.5 Å². The van der Waals surface area contributed by atoms with Gasteiger partial charge in [0.15, 0.2) is 0 Å². The minimum atomic E-state index is -0.472. The highest BCUT2D eigenvalue weighted by molar-refractivity contribution is 6.09. The zero-order valence-electron chi connectivity index (χ0n) is 13.6. The Bertz CT molecular complexity index is 741. The van der Waals surface area contributed by atoms with Crippen LogP contribution in [0.3, 0.4) is 0 Å². The lowest BCUT2D eigenvalue weighted by Crippen LogP contribution is -2.32. The number of fused-ring (bicyclic) bond motifs is 1. The van der Waals surface area contributed by atoms with Crippen LogP contribution in [-0.2, 0) is 9.53 Å². The number of hydrogen-bond acceptors (Lipinski definition) is 5. The van der Waals surface area contributed by atoms with Crippen LogP contribution in [0.25, 0.3) is 10.8 Å².